The summed E-state index contributed by atoms with van der Waals surface area (Å²) in [7, 11) is 1.53. The Morgan fingerprint density at radius 3 is 2.18 bits per heavy atom. The van der Waals surface area contributed by atoms with E-state index >= 15 is 0 Å². The van der Waals surface area contributed by atoms with Gasteiger partial charge >= 0.3 is 0 Å². The maximum atomic E-state index is 13.4. The number of benzene rings is 2. The first-order valence-corrected chi connectivity index (χ1v) is 8.72. The molecule has 1 heterocycles. The molecule has 1 fully saturated rings. The number of ketones is 1. The van der Waals surface area contributed by atoms with Crippen LogP contribution in [0.1, 0.15) is 23.6 Å². The summed E-state index contributed by atoms with van der Waals surface area (Å²) >= 11 is 0. The van der Waals surface area contributed by atoms with E-state index in [1.165, 1.54) is 48.4 Å². The number of halogens is 2. The smallest absolute Gasteiger partial charge is 0.295 e. The van der Waals surface area contributed by atoms with Crippen LogP contribution < -0.4 is 0 Å². The van der Waals surface area contributed by atoms with Gasteiger partial charge in [0, 0.05) is 25.8 Å². The topological polar surface area (TPSA) is 66.8 Å². The fraction of sp³-hybridized carbons (Fsp3) is 0.238. The van der Waals surface area contributed by atoms with Gasteiger partial charge in [-0.2, -0.15) is 0 Å². The molecule has 0 aliphatic carbocycles. The maximum absolute atomic E-state index is 13.4. The van der Waals surface area contributed by atoms with Crippen LogP contribution in [0.25, 0.3) is 5.76 Å². The van der Waals surface area contributed by atoms with Crippen molar-refractivity contribution in [3.8, 4) is 0 Å². The first-order chi connectivity index (χ1) is 13.4. The highest BCUT2D eigenvalue weighted by molar-refractivity contribution is 6.46. The number of ether oxygens (including phenoxy) is 1. The molecule has 0 bridgehead atoms. The van der Waals surface area contributed by atoms with Gasteiger partial charge in [-0.25, -0.2) is 8.78 Å². The number of methoxy groups -OCH3 is 1. The molecule has 0 spiro atoms. The summed E-state index contributed by atoms with van der Waals surface area (Å²) in [6, 6.07) is 9.45. The summed E-state index contributed by atoms with van der Waals surface area (Å²) in [5.41, 5.74) is 0.589. The van der Waals surface area contributed by atoms with E-state index in [0.29, 0.717) is 18.6 Å². The normalized spacial score (nSPS) is 18.7. The quantitative estimate of drug-likeness (QED) is 0.357. The predicted molar refractivity (Wildman–Crippen MR) is 98.3 cm³/mol. The summed E-state index contributed by atoms with van der Waals surface area (Å²) in [5, 5.41) is 10.7. The second-order valence-corrected chi connectivity index (χ2v) is 6.40. The van der Waals surface area contributed by atoms with Gasteiger partial charge < -0.3 is 14.7 Å². The Bertz CT molecular complexity index is 907. The van der Waals surface area contributed by atoms with Crippen LogP contribution in [0.3, 0.4) is 0 Å². The molecular weight excluding hydrogens is 368 g/mol. The van der Waals surface area contributed by atoms with Crippen LogP contribution in [0.4, 0.5) is 8.78 Å². The van der Waals surface area contributed by atoms with Gasteiger partial charge in [-0.15, -0.1) is 0 Å². The highest BCUT2D eigenvalue weighted by atomic mass is 19.1. The Morgan fingerprint density at radius 1 is 1.04 bits per heavy atom. The molecule has 1 atom stereocenters. The Kier molecular flexibility index (Phi) is 5.84. The zero-order chi connectivity index (χ0) is 20.3. The number of likely N-dealkylation sites (tertiary alicyclic amines) is 1. The van der Waals surface area contributed by atoms with E-state index in [-0.39, 0.29) is 17.7 Å². The Labute approximate surface area is 160 Å². The maximum Gasteiger partial charge on any atom is 0.295 e. The average molecular weight is 387 g/mol. The van der Waals surface area contributed by atoms with Crippen molar-refractivity contribution in [1.29, 1.82) is 0 Å². The van der Waals surface area contributed by atoms with Gasteiger partial charge in [0.1, 0.15) is 17.4 Å². The molecule has 7 heteroatoms. The van der Waals surface area contributed by atoms with Gasteiger partial charge in [0.05, 0.1) is 11.6 Å². The summed E-state index contributed by atoms with van der Waals surface area (Å²) in [4.78, 5) is 26.6. The minimum Gasteiger partial charge on any atom is -0.507 e. The zero-order valence-corrected chi connectivity index (χ0v) is 15.2. The number of carbonyl (C=O) groups excluding carboxylic acids is 2. The van der Waals surface area contributed by atoms with Crippen LogP contribution >= 0.6 is 0 Å². The van der Waals surface area contributed by atoms with Gasteiger partial charge in [-0.1, -0.05) is 12.1 Å². The monoisotopic (exact) mass is 387 g/mol. The molecule has 28 heavy (non-hydrogen) atoms. The van der Waals surface area contributed by atoms with Crippen LogP contribution in [0.15, 0.2) is 54.1 Å². The van der Waals surface area contributed by atoms with Crippen LogP contribution in [0.5, 0.6) is 0 Å². The highest BCUT2D eigenvalue weighted by Crippen LogP contribution is 2.39. The van der Waals surface area contributed by atoms with Crippen molar-refractivity contribution < 1.29 is 28.2 Å². The third kappa shape index (κ3) is 3.80. The van der Waals surface area contributed by atoms with Crippen LogP contribution in [0, 0.1) is 11.6 Å². The van der Waals surface area contributed by atoms with E-state index in [9.17, 15) is 23.5 Å². The Balaban J connectivity index is 2.10. The van der Waals surface area contributed by atoms with Crippen molar-refractivity contribution in [3.05, 3.63) is 76.9 Å². The average Bonchev–Trinajstić information content (AvgIpc) is 2.94. The zero-order valence-electron chi connectivity index (χ0n) is 15.2. The molecule has 3 rings (SSSR count). The number of aliphatic hydroxyl groups is 1. The number of carbonyl (C=O) groups is 2. The predicted octanol–water partition coefficient (Wildman–Crippen LogP) is 3.42. The second-order valence-electron chi connectivity index (χ2n) is 6.40. The second kappa shape index (κ2) is 8.31. The van der Waals surface area contributed by atoms with E-state index in [0.717, 1.165) is 12.1 Å². The Morgan fingerprint density at radius 2 is 1.61 bits per heavy atom. The molecule has 5 nitrogen and oxygen atoms in total. The SMILES string of the molecule is COCCCN1C(=O)C(=O)/C(=C(\O)c2ccc(F)cc2)C1c1ccc(F)cc1. The number of rotatable bonds is 6. The van der Waals surface area contributed by atoms with Crippen LogP contribution in [-0.2, 0) is 14.3 Å². The van der Waals surface area contributed by atoms with Gasteiger partial charge in [0.15, 0.2) is 0 Å². The molecule has 0 saturated carbocycles. The standard InChI is InChI=1S/C21H19F2NO4/c1-28-12-2-11-24-18(13-3-7-15(22)8-4-13)17(20(26)21(24)27)19(25)14-5-9-16(23)10-6-14/h3-10,18,25H,2,11-12H2,1H3/b19-17-. The fourth-order valence-corrected chi connectivity index (χ4v) is 3.24. The Hall–Kier alpha value is -3.06. The largest absolute Gasteiger partial charge is 0.507 e. The number of nitrogens with zero attached hydrogens (tertiary/aromatic N) is 1. The lowest BCUT2D eigenvalue weighted by Crippen LogP contribution is -2.31. The molecule has 2 aromatic rings. The van der Waals surface area contributed by atoms with E-state index in [4.69, 9.17) is 4.74 Å². The first-order valence-electron chi connectivity index (χ1n) is 8.72. The van der Waals surface area contributed by atoms with Gasteiger partial charge in [0.2, 0.25) is 0 Å². The van der Waals surface area contributed by atoms with Crippen LogP contribution in [-0.4, -0.2) is 42.0 Å². The molecule has 1 unspecified atom stereocenters. The van der Waals surface area contributed by atoms with Crippen molar-refractivity contribution in [2.75, 3.05) is 20.3 Å². The number of hydrogen-bond donors (Lipinski definition) is 1. The molecule has 0 radical (unpaired) electrons. The molecule has 2 aromatic carbocycles. The van der Waals surface area contributed by atoms with Crippen molar-refractivity contribution in [2.24, 2.45) is 0 Å². The highest BCUT2D eigenvalue weighted by Gasteiger charge is 2.45. The number of aliphatic hydroxyl groups excluding tert-OH is 1. The number of amides is 1. The van der Waals surface area contributed by atoms with E-state index in [1.807, 2.05) is 0 Å². The molecule has 1 N–H and O–H groups in total. The third-order valence-corrected chi connectivity index (χ3v) is 4.59. The first kappa shape index (κ1) is 19.7. The molecule has 1 saturated heterocycles. The fourth-order valence-electron chi connectivity index (χ4n) is 3.24. The third-order valence-electron chi connectivity index (χ3n) is 4.59. The summed E-state index contributed by atoms with van der Waals surface area (Å²) < 4.78 is 31.6. The van der Waals surface area contributed by atoms with Crippen molar-refractivity contribution in [2.45, 2.75) is 12.5 Å². The molecule has 1 amide bonds. The van der Waals surface area contributed by atoms with Crippen molar-refractivity contribution >= 4 is 17.4 Å². The number of hydrogen-bond acceptors (Lipinski definition) is 4. The van der Waals surface area contributed by atoms with Gasteiger partial charge in [-0.3, -0.25) is 9.59 Å². The van der Waals surface area contributed by atoms with E-state index < -0.39 is 35.1 Å². The molecule has 146 valence electrons. The van der Waals surface area contributed by atoms with Crippen LogP contribution in [0.2, 0.25) is 0 Å². The number of Topliss-reactive ketones (excluding diaryl/α,β-unsaturated/α-hetero) is 1. The van der Waals surface area contributed by atoms with Gasteiger partial charge in [0.25, 0.3) is 11.7 Å². The molecule has 1 aliphatic rings. The molecular formula is C21H19F2NO4. The van der Waals surface area contributed by atoms with Crippen molar-refractivity contribution in [1.82, 2.24) is 4.90 Å². The lowest BCUT2D eigenvalue weighted by molar-refractivity contribution is -0.140. The summed E-state index contributed by atoms with van der Waals surface area (Å²) in [5.74, 6) is -2.95. The van der Waals surface area contributed by atoms with Gasteiger partial charge in [-0.05, 0) is 48.4 Å². The lowest BCUT2D eigenvalue weighted by Gasteiger charge is -2.25. The lowest BCUT2D eigenvalue weighted by atomic mass is 9.95. The minimum absolute atomic E-state index is 0.111. The van der Waals surface area contributed by atoms with Crippen molar-refractivity contribution in [3.63, 3.8) is 0 Å². The van der Waals surface area contributed by atoms with E-state index in [2.05, 4.69) is 0 Å². The van der Waals surface area contributed by atoms with E-state index in [1.54, 1.807) is 0 Å². The minimum atomic E-state index is -0.873. The molecule has 1 aliphatic heterocycles. The summed E-state index contributed by atoms with van der Waals surface area (Å²) in [6.07, 6.45) is 0.484. The summed E-state index contributed by atoms with van der Waals surface area (Å²) in [6.45, 7) is 0.609. The molecule has 0 aromatic heterocycles.